The van der Waals surface area contributed by atoms with Gasteiger partial charge in [0, 0.05) is 0 Å². The molecule has 0 aliphatic heterocycles. The average Bonchev–Trinajstić information content (AvgIpc) is 2.14. The first kappa shape index (κ1) is 8.60. The molecular formula is C11H12O. The van der Waals surface area contributed by atoms with Gasteiger partial charge in [-0.05, 0) is 11.6 Å². The van der Waals surface area contributed by atoms with E-state index >= 15 is 0 Å². The normalized spacial score (nSPS) is 11.1. The fraction of sp³-hybridized carbons (Fsp3) is 0.0909. The van der Waals surface area contributed by atoms with Crippen molar-refractivity contribution >= 4 is 6.08 Å². The van der Waals surface area contributed by atoms with Crippen molar-refractivity contribution in [3.8, 4) is 0 Å². The van der Waals surface area contributed by atoms with Crippen LogP contribution < -0.4 is 0 Å². The molecule has 0 amide bonds. The van der Waals surface area contributed by atoms with Crippen molar-refractivity contribution in [1.82, 2.24) is 0 Å². The van der Waals surface area contributed by atoms with E-state index in [9.17, 15) is 0 Å². The Morgan fingerprint density at radius 1 is 1.08 bits per heavy atom. The largest absolute Gasteiger partial charge is 0.504 e. The lowest BCUT2D eigenvalue weighted by molar-refractivity contribution is 0.338. The van der Waals surface area contributed by atoms with Gasteiger partial charge in [-0.15, -0.1) is 0 Å². The Hall–Kier alpha value is -1.50. The Morgan fingerprint density at radius 3 is 2.50 bits per heavy atom. The van der Waals surface area contributed by atoms with Crippen molar-refractivity contribution in [3.63, 3.8) is 0 Å². The van der Waals surface area contributed by atoms with Crippen LogP contribution >= 0.6 is 0 Å². The van der Waals surface area contributed by atoms with E-state index in [0.29, 0.717) is 0 Å². The summed E-state index contributed by atoms with van der Waals surface area (Å²) in [5.74, 6) is 0. The molecule has 0 fully saturated rings. The van der Waals surface area contributed by atoms with Crippen molar-refractivity contribution in [3.05, 3.63) is 54.3 Å². The van der Waals surface area contributed by atoms with Crippen LogP contribution in [0.4, 0.5) is 0 Å². The van der Waals surface area contributed by atoms with Gasteiger partial charge in [0.2, 0.25) is 0 Å². The number of ether oxygens (including phenoxy) is 1. The minimum absolute atomic E-state index is 1.19. The smallest absolute Gasteiger partial charge is 0.0824 e. The predicted octanol–water partition coefficient (Wildman–Crippen LogP) is 2.86. The predicted molar refractivity (Wildman–Crippen MR) is 51.6 cm³/mol. The quantitative estimate of drug-likeness (QED) is 0.488. The van der Waals surface area contributed by atoms with E-state index in [1.807, 2.05) is 36.4 Å². The molecule has 62 valence electrons. The van der Waals surface area contributed by atoms with Gasteiger partial charge in [0.25, 0.3) is 0 Å². The Labute approximate surface area is 73.0 Å². The molecule has 0 aromatic heterocycles. The molecule has 0 unspecified atom stereocenters. The lowest BCUT2D eigenvalue weighted by atomic mass is 10.2. The van der Waals surface area contributed by atoms with Crippen molar-refractivity contribution < 1.29 is 4.74 Å². The molecule has 0 heterocycles. The summed E-state index contributed by atoms with van der Waals surface area (Å²) < 4.78 is 4.75. The highest BCUT2D eigenvalue weighted by Gasteiger charge is 1.78. The van der Waals surface area contributed by atoms with Gasteiger partial charge in [0.1, 0.15) is 0 Å². The van der Waals surface area contributed by atoms with E-state index in [-0.39, 0.29) is 0 Å². The molecule has 0 spiro atoms. The van der Waals surface area contributed by atoms with Gasteiger partial charge in [-0.25, -0.2) is 0 Å². The number of allylic oxidation sites excluding steroid dienone is 2. The molecule has 1 rings (SSSR count). The Kier molecular flexibility index (Phi) is 3.72. The second-order valence-corrected chi connectivity index (χ2v) is 2.33. The van der Waals surface area contributed by atoms with Crippen LogP contribution in [-0.4, -0.2) is 7.11 Å². The number of hydrogen-bond donors (Lipinski definition) is 0. The van der Waals surface area contributed by atoms with Crippen LogP contribution in [0.2, 0.25) is 0 Å². The first-order valence-corrected chi connectivity index (χ1v) is 3.84. The van der Waals surface area contributed by atoms with E-state index in [1.165, 1.54) is 5.56 Å². The maximum atomic E-state index is 4.75. The second kappa shape index (κ2) is 5.19. The summed E-state index contributed by atoms with van der Waals surface area (Å²) in [7, 11) is 1.63. The fourth-order valence-electron chi connectivity index (χ4n) is 0.855. The molecule has 12 heavy (non-hydrogen) atoms. The highest BCUT2D eigenvalue weighted by Crippen LogP contribution is 2.00. The summed E-state index contributed by atoms with van der Waals surface area (Å²) in [6, 6.07) is 10.1. The van der Waals surface area contributed by atoms with E-state index in [0.717, 1.165) is 0 Å². The van der Waals surface area contributed by atoms with Crippen molar-refractivity contribution in [2.45, 2.75) is 0 Å². The van der Waals surface area contributed by atoms with Crippen molar-refractivity contribution in [2.24, 2.45) is 0 Å². The molecule has 0 atom stereocenters. The third-order valence-corrected chi connectivity index (χ3v) is 1.41. The average molecular weight is 160 g/mol. The zero-order valence-electron chi connectivity index (χ0n) is 7.10. The number of methoxy groups -OCH3 is 1. The van der Waals surface area contributed by atoms with E-state index in [2.05, 4.69) is 12.1 Å². The van der Waals surface area contributed by atoms with Crippen LogP contribution in [0.25, 0.3) is 6.08 Å². The Balaban J connectivity index is 2.52. The molecule has 1 nitrogen and oxygen atoms in total. The molecule has 0 bridgehead atoms. The van der Waals surface area contributed by atoms with Crippen LogP contribution in [-0.2, 0) is 4.74 Å². The first-order valence-electron chi connectivity index (χ1n) is 3.84. The van der Waals surface area contributed by atoms with E-state index in [4.69, 9.17) is 4.74 Å². The van der Waals surface area contributed by atoms with Crippen molar-refractivity contribution in [1.29, 1.82) is 0 Å². The molecule has 1 aromatic rings. The van der Waals surface area contributed by atoms with Crippen LogP contribution in [0, 0.1) is 0 Å². The lowest BCUT2D eigenvalue weighted by Crippen LogP contribution is -1.67. The van der Waals surface area contributed by atoms with Gasteiger partial charge in [-0.1, -0.05) is 42.5 Å². The summed E-state index contributed by atoms with van der Waals surface area (Å²) in [5.41, 5.74) is 1.19. The Bertz CT molecular complexity index is 260. The summed E-state index contributed by atoms with van der Waals surface area (Å²) >= 11 is 0. The highest BCUT2D eigenvalue weighted by molar-refractivity contribution is 5.50. The SMILES string of the molecule is COC=C/C=C/c1ccccc1. The molecule has 0 radical (unpaired) electrons. The van der Waals surface area contributed by atoms with Gasteiger partial charge in [0.05, 0.1) is 13.4 Å². The van der Waals surface area contributed by atoms with Gasteiger partial charge in [-0.2, -0.15) is 0 Å². The van der Waals surface area contributed by atoms with Crippen LogP contribution in [0.3, 0.4) is 0 Å². The topological polar surface area (TPSA) is 9.23 Å². The first-order chi connectivity index (χ1) is 5.93. The summed E-state index contributed by atoms with van der Waals surface area (Å²) in [4.78, 5) is 0. The molecule has 0 aliphatic carbocycles. The minimum atomic E-state index is 1.19. The second-order valence-electron chi connectivity index (χ2n) is 2.33. The van der Waals surface area contributed by atoms with Gasteiger partial charge in [0.15, 0.2) is 0 Å². The molecular weight excluding hydrogens is 148 g/mol. The molecule has 0 saturated heterocycles. The lowest BCUT2D eigenvalue weighted by Gasteiger charge is -1.88. The number of benzene rings is 1. The maximum absolute atomic E-state index is 4.75. The number of rotatable bonds is 3. The minimum Gasteiger partial charge on any atom is -0.504 e. The molecule has 1 aromatic carbocycles. The van der Waals surface area contributed by atoms with E-state index in [1.54, 1.807) is 13.4 Å². The fourth-order valence-corrected chi connectivity index (χ4v) is 0.855. The van der Waals surface area contributed by atoms with Crippen molar-refractivity contribution in [2.75, 3.05) is 7.11 Å². The van der Waals surface area contributed by atoms with Crippen LogP contribution in [0.1, 0.15) is 5.56 Å². The molecule has 0 saturated carbocycles. The maximum Gasteiger partial charge on any atom is 0.0824 e. The monoisotopic (exact) mass is 160 g/mol. The van der Waals surface area contributed by atoms with Crippen LogP contribution in [0.5, 0.6) is 0 Å². The summed E-state index contributed by atoms with van der Waals surface area (Å²) in [6.07, 6.45) is 7.46. The summed E-state index contributed by atoms with van der Waals surface area (Å²) in [6.45, 7) is 0. The van der Waals surface area contributed by atoms with Gasteiger partial charge >= 0.3 is 0 Å². The third-order valence-electron chi connectivity index (χ3n) is 1.41. The summed E-state index contributed by atoms with van der Waals surface area (Å²) in [5, 5.41) is 0. The highest BCUT2D eigenvalue weighted by atomic mass is 16.5. The zero-order chi connectivity index (χ0) is 8.65. The van der Waals surface area contributed by atoms with Gasteiger partial charge < -0.3 is 4.74 Å². The molecule has 0 N–H and O–H groups in total. The van der Waals surface area contributed by atoms with Gasteiger partial charge in [-0.3, -0.25) is 0 Å². The Morgan fingerprint density at radius 2 is 1.83 bits per heavy atom. The van der Waals surface area contributed by atoms with E-state index < -0.39 is 0 Å². The van der Waals surface area contributed by atoms with Crippen LogP contribution in [0.15, 0.2) is 48.7 Å². The zero-order valence-corrected chi connectivity index (χ0v) is 7.10. The number of hydrogen-bond acceptors (Lipinski definition) is 1. The third kappa shape index (κ3) is 3.06. The molecule has 0 aliphatic rings. The standard InChI is InChI=1S/C11H12O/c1-12-10-6-5-9-11-7-3-2-4-8-11/h2-10H,1H3/b9-5+,10-6?. The molecule has 1 heteroatoms.